The average molecular weight is 355 g/mol. The third-order valence-electron chi connectivity index (χ3n) is 3.59. The quantitative estimate of drug-likeness (QED) is 0.278. The summed E-state index contributed by atoms with van der Waals surface area (Å²) in [5.74, 6) is -1.87. The topological polar surface area (TPSA) is 73.3 Å². The van der Waals surface area contributed by atoms with Gasteiger partial charge in [-0.25, -0.2) is 8.78 Å². The van der Waals surface area contributed by atoms with E-state index in [9.17, 15) is 23.7 Å². The van der Waals surface area contributed by atoms with Crippen LogP contribution in [0.4, 0.5) is 14.5 Å². The highest BCUT2D eigenvalue weighted by Crippen LogP contribution is 2.31. The number of hydrogen-bond acceptors (Lipinski definition) is 4. The number of nitro benzene ring substituents is 1. The number of nitrogens with zero attached hydrogens (tertiary/aromatic N) is 1. The molecule has 0 bridgehead atoms. The summed E-state index contributed by atoms with van der Waals surface area (Å²) in [6.07, 6.45) is 2.39. The van der Waals surface area contributed by atoms with Gasteiger partial charge in [-0.1, -0.05) is 12.1 Å². The van der Waals surface area contributed by atoms with Crippen LogP contribution >= 0.6 is 0 Å². The molecule has 0 spiro atoms. The SMILES string of the molecule is O=C(/C=C/c1ccc(-c2ccccc2[N+](=O)[O-])o1)c1ccc(F)cc1F. The molecule has 2 aromatic carbocycles. The van der Waals surface area contributed by atoms with Gasteiger partial charge in [-0.3, -0.25) is 14.9 Å². The second-order valence-electron chi connectivity index (χ2n) is 5.30. The van der Waals surface area contributed by atoms with Crippen molar-refractivity contribution in [2.24, 2.45) is 0 Å². The molecule has 26 heavy (non-hydrogen) atoms. The molecule has 3 rings (SSSR count). The van der Waals surface area contributed by atoms with Crippen molar-refractivity contribution in [2.75, 3.05) is 0 Å². The number of furan rings is 1. The molecular formula is C19H11F2NO4. The fourth-order valence-electron chi connectivity index (χ4n) is 2.37. The molecule has 5 nitrogen and oxygen atoms in total. The van der Waals surface area contributed by atoms with Gasteiger partial charge in [-0.15, -0.1) is 0 Å². The Hall–Kier alpha value is -3.61. The first-order valence-corrected chi connectivity index (χ1v) is 7.47. The largest absolute Gasteiger partial charge is 0.456 e. The van der Waals surface area contributed by atoms with E-state index in [4.69, 9.17) is 4.42 Å². The molecule has 0 N–H and O–H groups in total. The summed E-state index contributed by atoms with van der Waals surface area (Å²) in [6, 6.07) is 11.8. The van der Waals surface area contributed by atoms with E-state index >= 15 is 0 Å². The number of rotatable bonds is 5. The van der Waals surface area contributed by atoms with Crippen molar-refractivity contribution in [3.8, 4) is 11.3 Å². The number of hydrogen-bond donors (Lipinski definition) is 0. The summed E-state index contributed by atoms with van der Waals surface area (Å²) >= 11 is 0. The Morgan fingerprint density at radius 1 is 1.08 bits per heavy atom. The monoisotopic (exact) mass is 355 g/mol. The fraction of sp³-hybridized carbons (Fsp3) is 0. The van der Waals surface area contributed by atoms with Crippen LogP contribution in [0, 0.1) is 21.7 Å². The number of nitro groups is 1. The zero-order chi connectivity index (χ0) is 18.7. The summed E-state index contributed by atoms with van der Waals surface area (Å²) in [7, 11) is 0. The first-order valence-electron chi connectivity index (χ1n) is 7.47. The highest BCUT2D eigenvalue weighted by molar-refractivity contribution is 6.06. The summed E-state index contributed by atoms with van der Waals surface area (Å²) in [5, 5.41) is 11.1. The van der Waals surface area contributed by atoms with E-state index in [-0.39, 0.29) is 22.8 Å². The molecule has 0 aliphatic rings. The molecule has 0 radical (unpaired) electrons. The van der Waals surface area contributed by atoms with Gasteiger partial charge in [0, 0.05) is 12.1 Å². The maximum Gasteiger partial charge on any atom is 0.280 e. The third kappa shape index (κ3) is 3.56. The van der Waals surface area contributed by atoms with Gasteiger partial charge in [-0.2, -0.15) is 0 Å². The van der Waals surface area contributed by atoms with Crippen molar-refractivity contribution in [1.29, 1.82) is 0 Å². The van der Waals surface area contributed by atoms with E-state index in [1.807, 2.05) is 0 Å². The number of carbonyl (C=O) groups is 1. The summed E-state index contributed by atoms with van der Waals surface area (Å²) in [5.41, 5.74) is -0.0805. The Bertz CT molecular complexity index is 1020. The summed E-state index contributed by atoms with van der Waals surface area (Å²) in [4.78, 5) is 22.5. The Morgan fingerprint density at radius 2 is 1.85 bits per heavy atom. The van der Waals surface area contributed by atoms with Crippen molar-refractivity contribution in [3.05, 3.63) is 93.7 Å². The lowest BCUT2D eigenvalue weighted by Crippen LogP contribution is -1.98. The Morgan fingerprint density at radius 3 is 2.58 bits per heavy atom. The fourth-order valence-corrected chi connectivity index (χ4v) is 2.37. The van der Waals surface area contributed by atoms with Crippen molar-refractivity contribution >= 4 is 17.5 Å². The minimum absolute atomic E-state index is 0.109. The van der Waals surface area contributed by atoms with Crippen LogP contribution in [-0.2, 0) is 0 Å². The molecule has 0 fully saturated rings. The van der Waals surface area contributed by atoms with E-state index in [0.29, 0.717) is 11.6 Å². The number of allylic oxidation sites excluding steroid dienone is 1. The molecule has 7 heteroatoms. The molecule has 1 aromatic heterocycles. The lowest BCUT2D eigenvalue weighted by Gasteiger charge is -1.99. The van der Waals surface area contributed by atoms with Crippen LogP contribution in [0.3, 0.4) is 0 Å². The van der Waals surface area contributed by atoms with Gasteiger partial charge < -0.3 is 4.42 Å². The van der Waals surface area contributed by atoms with E-state index in [1.165, 1.54) is 24.3 Å². The molecular weight excluding hydrogens is 344 g/mol. The second-order valence-corrected chi connectivity index (χ2v) is 5.30. The van der Waals surface area contributed by atoms with Crippen LogP contribution in [0.1, 0.15) is 16.1 Å². The van der Waals surface area contributed by atoms with Crippen LogP contribution in [0.5, 0.6) is 0 Å². The molecule has 0 amide bonds. The smallest absolute Gasteiger partial charge is 0.280 e. The minimum Gasteiger partial charge on any atom is -0.456 e. The zero-order valence-electron chi connectivity index (χ0n) is 13.2. The minimum atomic E-state index is -0.959. The number of carbonyl (C=O) groups excluding carboxylic acids is 1. The molecule has 130 valence electrons. The highest BCUT2D eigenvalue weighted by Gasteiger charge is 2.17. The number of benzene rings is 2. The maximum absolute atomic E-state index is 13.6. The van der Waals surface area contributed by atoms with Gasteiger partial charge in [0.2, 0.25) is 0 Å². The molecule has 0 aliphatic heterocycles. The third-order valence-corrected chi connectivity index (χ3v) is 3.59. The molecule has 1 heterocycles. The Balaban J connectivity index is 1.84. The Labute approximate surface area is 146 Å². The molecule has 3 aromatic rings. The van der Waals surface area contributed by atoms with Gasteiger partial charge in [-0.05, 0) is 42.5 Å². The Kier molecular flexibility index (Phi) is 4.70. The van der Waals surface area contributed by atoms with Crippen molar-refractivity contribution in [3.63, 3.8) is 0 Å². The lowest BCUT2D eigenvalue weighted by molar-refractivity contribution is -0.384. The van der Waals surface area contributed by atoms with Gasteiger partial charge in [0.25, 0.3) is 5.69 Å². The van der Waals surface area contributed by atoms with Crippen molar-refractivity contribution in [1.82, 2.24) is 0 Å². The summed E-state index contributed by atoms with van der Waals surface area (Å²) in [6.45, 7) is 0. The first-order chi connectivity index (χ1) is 12.5. The van der Waals surface area contributed by atoms with E-state index < -0.39 is 22.3 Å². The number of halogens is 2. The van der Waals surface area contributed by atoms with Crippen LogP contribution in [0.15, 0.2) is 65.1 Å². The second kappa shape index (κ2) is 7.10. The van der Waals surface area contributed by atoms with Gasteiger partial charge in [0.05, 0.1) is 16.1 Å². The van der Waals surface area contributed by atoms with Gasteiger partial charge >= 0.3 is 0 Å². The van der Waals surface area contributed by atoms with E-state index in [1.54, 1.807) is 18.2 Å². The maximum atomic E-state index is 13.6. The van der Waals surface area contributed by atoms with Crippen LogP contribution < -0.4 is 0 Å². The van der Waals surface area contributed by atoms with Gasteiger partial charge in [0.1, 0.15) is 23.2 Å². The zero-order valence-corrected chi connectivity index (χ0v) is 13.2. The lowest BCUT2D eigenvalue weighted by atomic mass is 10.1. The number of para-hydroxylation sites is 1. The average Bonchev–Trinajstić information content (AvgIpc) is 3.08. The molecule has 0 saturated heterocycles. The predicted octanol–water partition coefficient (Wildman–Crippen LogP) is 5.03. The van der Waals surface area contributed by atoms with Crippen molar-refractivity contribution < 1.29 is 22.9 Å². The highest BCUT2D eigenvalue weighted by atomic mass is 19.1. The molecule has 0 atom stereocenters. The number of ketones is 1. The predicted molar refractivity (Wildman–Crippen MR) is 90.5 cm³/mol. The standard InChI is InChI=1S/C19H11F2NO4/c20-12-5-8-14(16(21)11-12)18(23)9-6-13-7-10-19(26-13)15-3-1-2-4-17(15)22(24)25/h1-11H/b9-6+. The first kappa shape index (κ1) is 17.2. The van der Waals surface area contributed by atoms with Crippen LogP contribution in [-0.4, -0.2) is 10.7 Å². The van der Waals surface area contributed by atoms with Gasteiger partial charge in [0.15, 0.2) is 5.78 Å². The van der Waals surface area contributed by atoms with Crippen molar-refractivity contribution in [2.45, 2.75) is 0 Å². The van der Waals surface area contributed by atoms with E-state index in [0.717, 1.165) is 18.2 Å². The molecule has 0 saturated carbocycles. The van der Waals surface area contributed by atoms with E-state index in [2.05, 4.69) is 0 Å². The van der Waals surface area contributed by atoms with Crippen LogP contribution in [0.2, 0.25) is 0 Å². The summed E-state index contributed by atoms with van der Waals surface area (Å²) < 4.78 is 32.0. The normalized spacial score (nSPS) is 11.0. The molecule has 0 aliphatic carbocycles. The molecule has 0 unspecified atom stereocenters. The van der Waals surface area contributed by atoms with Crippen LogP contribution in [0.25, 0.3) is 17.4 Å².